The summed E-state index contributed by atoms with van der Waals surface area (Å²) in [6, 6.07) is 0. The molecule has 0 aromatic rings. The van der Waals surface area contributed by atoms with E-state index in [0.717, 1.165) is 11.8 Å². The van der Waals surface area contributed by atoms with Crippen molar-refractivity contribution >= 4 is 15.9 Å². The third-order valence-corrected chi connectivity index (χ3v) is 2.31. The molecular formula is C5H9Br. The van der Waals surface area contributed by atoms with Crippen LogP contribution in [0.1, 0.15) is 13.3 Å². The van der Waals surface area contributed by atoms with E-state index in [1.165, 1.54) is 11.8 Å². The van der Waals surface area contributed by atoms with Crippen LogP contribution in [0.3, 0.4) is 0 Å². The van der Waals surface area contributed by atoms with Gasteiger partial charge in [-0.05, 0) is 18.3 Å². The third kappa shape index (κ3) is 0.754. The highest BCUT2D eigenvalue weighted by Gasteiger charge is 2.30. The fourth-order valence-corrected chi connectivity index (χ4v) is 1.52. The molecule has 0 saturated heterocycles. The second-order valence-corrected chi connectivity index (χ2v) is 2.77. The van der Waals surface area contributed by atoms with Crippen LogP contribution in [-0.2, 0) is 0 Å². The largest absolute Gasteiger partial charge is 0.0925 e. The van der Waals surface area contributed by atoms with Crippen LogP contribution in [0.4, 0.5) is 0 Å². The number of halogens is 1. The first-order valence-electron chi connectivity index (χ1n) is 2.40. The fourth-order valence-electron chi connectivity index (χ4n) is 0.614. The van der Waals surface area contributed by atoms with Gasteiger partial charge in [0.25, 0.3) is 0 Å². The summed E-state index contributed by atoms with van der Waals surface area (Å²) >= 11 is 3.42. The maximum atomic E-state index is 3.42. The van der Waals surface area contributed by atoms with Gasteiger partial charge in [-0.15, -0.1) is 0 Å². The molecular weight excluding hydrogens is 140 g/mol. The highest BCUT2D eigenvalue weighted by atomic mass is 79.9. The molecule has 6 heavy (non-hydrogen) atoms. The first-order valence-corrected chi connectivity index (χ1v) is 3.52. The number of hydrogen-bond acceptors (Lipinski definition) is 0. The van der Waals surface area contributed by atoms with E-state index < -0.39 is 0 Å². The monoisotopic (exact) mass is 148 g/mol. The maximum Gasteiger partial charge on any atom is 0.00623 e. The van der Waals surface area contributed by atoms with E-state index in [1.54, 1.807) is 0 Å². The third-order valence-electron chi connectivity index (χ3n) is 1.47. The van der Waals surface area contributed by atoms with Gasteiger partial charge in [-0.3, -0.25) is 0 Å². The minimum atomic E-state index is 1.02. The molecule has 0 nitrogen and oxygen atoms in total. The van der Waals surface area contributed by atoms with Crippen LogP contribution in [0.25, 0.3) is 0 Å². The average Bonchev–Trinajstić information content (AvgIpc) is 2.19. The van der Waals surface area contributed by atoms with Gasteiger partial charge < -0.3 is 0 Å². The summed E-state index contributed by atoms with van der Waals surface area (Å²) in [6.07, 6.45) is 1.45. The van der Waals surface area contributed by atoms with Gasteiger partial charge in [0, 0.05) is 5.33 Å². The summed E-state index contributed by atoms with van der Waals surface area (Å²) < 4.78 is 0. The van der Waals surface area contributed by atoms with Gasteiger partial charge in [0.1, 0.15) is 0 Å². The molecule has 1 aliphatic carbocycles. The summed E-state index contributed by atoms with van der Waals surface area (Å²) in [6.45, 7) is 2.30. The van der Waals surface area contributed by atoms with Crippen LogP contribution in [0, 0.1) is 11.8 Å². The van der Waals surface area contributed by atoms with E-state index in [1.807, 2.05) is 0 Å². The Hall–Kier alpha value is 0.480. The van der Waals surface area contributed by atoms with Crippen LogP contribution < -0.4 is 0 Å². The van der Waals surface area contributed by atoms with Crippen molar-refractivity contribution in [3.8, 4) is 0 Å². The Bertz CT molecular complexity index is 49.9. The Morgan fingerprint density at radius 1 is 1.83 bits per heavy atom. The van der Waals surface area contributed by atoms with Crippen LogP contribution in [0.5, 0.6) is 0 Å². The van der Waals surface area contributed by atoms with Crippen molar-refractivity contribution in [1.29, 1.82) is 0 Å². The minimum Gasteiger partial charge on any atom is -0.0925 e. The predicted octanol–water partition coefficient (Wildman–Crippen LogP) is 2.04. The van der Waals surface area contributed by atoms with Gasteiger partial charge in [0.15, 0.2) is 0 Å². The maximum absolute atomic E-state index is 3.42. The van der Waals surface area contributed by atoms with Crippen molar-refractivity contribution < 1.29 is 0 Å². The summed E-state index contributed by atoms with van der Waals surface area (Å²) in [5.41, 5.74) is 0. The highest BCUT2D eigenvalue weighted by molar-refractivity contribution is 9.09. The Balaban J connectivity index is 2.09. The zero-order chi connectivity index (χ0) is 4.57. The van der Waals surface area contributed by atoms with Crippen molar-refractivity contribution in [2.24, 2.45) is 11.8 Å². The molecule has 1 aliphatic rings. The Kier molecular flexibility index (Phi) is 1.18. The number of alkyl halides is 1. The molecule has 0 spiro atoms. The lowest BCUT2D eigenvalue weighted by Gasteiger charge is -1.77. The molecule has 0 amide bonds. The molecule has 0 radical (unpaired) electrons. The van der Waals surface area contributed by atoms with Gasteiger partial charge in [-0.1, -0.05) is 22.9 Å². The minimum absolute atomic E-state index is 1.02. The van der Waals surface area contributed by atoms with Crippen molar-refractivity contribution in [1.82, 2.24) is 0 Å². The topological polar surface area (TPSA) is 0 Å². The Morgan fingerprint density at radius 3 is 2.33 bits per heavy atom. The number of rotatable bonds is 1. The molecule has 1 fully saturated rings. The Labute approximate surface area is 47.1 Å². The van der Waals surface area contributed by atoms with Gasteiger partial charge >= 0.3 is 0 Å². The molecule has 0 bridgehead atoms. The van der Waals surface area contributed by atoms with E-state index in [-0.39, 0.29) is 0 Å². The lowest BCUT2D eigenvalue weighted by atomic mass is 10.4. The van der Waals surface area contributed by atoms with E-state index in [0.29, 0.717) is 0 Å². The zero-order valence-electron chi connectivity index (χ0n) is 3.95. The first kappa shape index (κ1) is 4.63. The summed E-state index contributed by atoms with van der Waals surface area (Å²) in [7, 11) is 0. The lowest BCUT2D eigenvalue weighted by molar-refractivity contribution is 0.850. The predicted molar refractivity (Wildman–Crippen MR) is 31.1 cm³/mol. The summed E-state index contributed by atoms with van der Waals surface area (Å²) in [4.78, 5) is 0. The van der Waals surface area contributed by atoms with E-state index in [2.05, 4.69) is 22.9 Å². The normalized spacial score (nSPS) is 43.0. The molecule has 36 valence electrons. The fraction of sp³-hybridized carbons (Fsp3) is 1.00. The van der Waals surface area contributed by atoms with E-state index in [4.69, 9.17) is 0 Å². The standard InChI is InChI=1S/C5H9Br/c1-4-2-5(4)3-6/h4-5H,2-3H2,1H3/t4-,5+/m1/s1. The van der Waals surface area contributed by atoms with Crippen LogP contribution >= 0.6 is 15.9 Å². The molecule has 0 aromatic carbocycles. The number of hydrogen-bond donors (Lipinski definition) is 0. The van der Waals surface area contributed by atoms with Gasteiger partial charge in [0.05, 0.1) is 0 Å². The molecule has 0 N–H and O–H groups in total. The molecule has 2 atom stereocenters. The molecule has 0 aromatic heterocycles. The Morgan fingerprint density at radius 2 is 2.33 bits per heavy atom. The molecule has 1 rings (SSSR count). The van der Waals surface area contributed by atoms with Crippen LogP contribution in [0.15, 0.2) is 0 Å². The van der Waals surface area contributed by atoms with Crippen LogP contribution in [-0.4, -0.2) is 5.33 Å². The van der Waals surface area contributed by atoms with Gasteiger partial charge in [-0.2, -0.15) is 0 Å². The lowest BCUT2D eigenvalue weighted by Crippen LogP contribution is -1.73. The molecule has 1 heteroatoms. The summed E-state index contributed by atoms with van der Waals surface area (Å²) in [5.74, 6) is 2.04. The van der Waals surface area contributed by atoms with E-state index >= 15 is 0 Å². The average molecular weight is 149 g/mol. The second-order valence-electron chi connectivity index (χ2n) is 2.13. The first-order chi connectivity index (χ1) is 2.84. The van der Waals surface area contributed by atoms with Crippen molar-refractivity contribution in [2.75, 3.05) is 5.33 Å². The molecule has 0 unspecified atom stereocenters. The van der Waals surface area contributed by atoms with E-state index in [9.17, 15) is 0 Å². The summed E-state index contributed by atoms with van der Waals surface area (Å²) in [5, 5.41) is 1.22. The zero-order valence-corrected chi connectivity index (χ0v) is 5.53. The van der Waals surface area contributed by atoms with Crippen LogP contribution in [0.2, 0.25) is 0 Å². The molecule has 1 saturated carbocycles. The SMILES string of the molecule is C[C@@H]1C[C@H]1CBr. The van der Waals surface area contributed by atoms with Crippen molar-refractivity contribution in [3.63, 3.8) is 0 Å². The van der Waals surface area contributed by atoms with Crippen molar-refractivity contribution in [2.45, 2.75) is 13.3 Å². The smallest absolute Gasteiger partial charge is 0.00623 e. The quantitative estimate of drug-likeness (QED) is 0.500. The van der Waals surface area contributed by atoms with Gasteiger partial charge in [0.2, 0.25) is 0 Å². The second kappa shape index (κ2) is 1.53. The van der Waals surface area contributed by atoms with Crippen molar-refractivity contribution in [3.05, 3.63) is 0 Å². The molecule has 0 heterocycles. The molecule has 0 aliphatic heterocycles. The van der Waals surface area contributed by atoms with Gasteiger partial charge in [-0.25, -0.2) is 0 Å². The highest BCUT2D eigenvalue weighted by Crippen LogP contribution is 2.38.